The van der Waals surface area contributed by atoms with Crippen molar-refractivity contribution in [3.05, 3.63) is 55.1 Å². The van der Waals surface area contributed by atoms with E-state index in [1.807, 2.05) is 18.2 Å². The summed E-state index contributed by atoms with van der Waals surface area (Å²) in [5.74, 6) is 0. The van der Waals surface area contributed by atoms with E-state index in [2.05, 4.69) is 47.2 Å². The standard InChI is InChI=1S/C15H17BrClNS/c1-3-18-14(13-9-15(16)19-10(13)2)8-11-5-4-6-12(17)7-11/h4-7,9,14,18H,3,8H2,1-2H3. The van der Waals surface area contributed by atoms with Gasteiger partial charge in [0.2, 0.25) is 0 Å². The molecule has 0 radical (unpaired) electrons. The van der Waals surface area contributed by atoms with Gasteiger partial charge in [-0.3, -0.25) is 0 Å². The van der Waals surface area contributed by atoms with Gasteiger partial charge in [0.05, 0.1) is 3.79 Å². The highest BCUT2D eigenvalue weighted by atomic mass is 79.9. The monoisotopic (exact) mass is 357 g/mol. The minimum absolute atomic E-state index is 0.339. The molecule has 0 saturated heterocycles. The second-order valence-corrected chi connectivity index (χ2v) is 7.58. The molecule has 2 aromatic rings. The van der Waals surface area contributed by atoms with Crippen molar-refractivity contribution < 1.29 is 0 Å². The van der Waals surface area contributed by atoms with E-state index in [1.54, 1.807) is 11.3 Å². The average Bonchev–Trinajstić information content (AvgIpc) is 2.68. The van der Waals surface area contributed by atoms with E-state index >= 15 is 0 Å². The Morgan fingerprint density at radius 2 is 2.16 bits per heavy atom. The zero-order valence-corrected chi connectivity index (χ0v) is 14.2. The van der Waals surface area contributed by atoms with Crippen LogP contribution in [-0.2, 0) is 6.42 Å². The summed E-state index contributed by atoms with van der Waals surface area (Å²) in [7, 11) is 0. The minimum Gasteiger partial charge on any atom is -0.310 e. The fourth-order valence-corrected chi connectivity index (χ4v) is 4.23. The Balaban J connectivity index is 2.23. The lowest BCUT2D eigenvalue weighted by Crippen LogP contribution is -2.23. The number of aryl methyl sites for hydroxylation is 1. The number of likely N-dealkylation sites (N-methyl/N-ethyl adjacent to an activating group) is 1. The molecule has 4 heteroatoms. The van der Waals surface area contributed by atoms with Gasteiger partial charge in [-0.15, -0.1) is 11.3 Å². The molecule has 0 aliphatic carbocycles. The minimum atomic E-state index is 0.339. The van der Waals surface area contributed by atoms with E-state index in [0.717, 1.165) is 18.0 Å². The zero-order valence-electron chi connectivity index (χ0n) is 11.0. The lowest BCUT2D eigenvalue weighted by molar-refractivity contribution is 0.549. The summed E-state index contributed by atoms with van der Waals surface area (Å²) in [5.41, 5.74) is 2.64. The van der Waals surface area contributed by atoms with Crippen molar-refractivity contribution in [3.8, 4) is 0 Å². The Hall–Kier alpha value is -0.350. The van der Waals surface area contributed by atoms with E-state index in [1.165, 1.54) is 19.8 Å². The molecule has 19 heavy (non-hydrogen) atoms. The van der Waals surface area contributed by atoms with Crippen LogP contribution in [0.5, 0.6) is 0 Å². The summed E-state index contributed by atoms with van der Waals surface area (Å²) >= 11 is 11.4. The third-order valence-corrected chi connectivity index (χ3v) is 4.89. The lowest BCUT2D eigenvalue weighted by Gasteiger charge is -2.18. The van der Waals surface area contributed by atoms with Gasteiger partial charge in [-0.1, -0.05) is 30.7 Å². The summed E-state index contributed by atoms with van der Waals surface area (Å²) in [6.45, 7) is 5.27. The predicted molar refractivity (Wildman–Crippen MR) is 88.3 cm³/mol. The SMILES string of the molecule is CCNC(Cc1cccc(Cl)c1)c1cc(Br)sc1C. The molecule has 0 fully saturated rings. The number of thiophene rings is 1. The molecule has 0 amide bonds. The highest BCUT2D eigenvalue weighted by Gasteiger charge is 2.16. The molecular formula is C15H17BrClNS. The average molecular weight is 359 g/mol. The highest BCUT2D eigenvalue weighted by Crippen LogP contribution is 2.32. The van der Waals surface area contributed by atoms with E-state index in [-0.39, 0.29) is 0 Å². The number of halogens is 2. The highest BCUT2D eigenvalue weighted by molar-refractivity contribution is 9.11. The topological polar surface area (TPSA) is 12.0 Å². The number of rotatable bonds is 5. The molecule has 1 aromatic carbocycles. The van der Waals surface area contributed by atoms with Gasteiger partial charge in [-0.05, 0) is 65.1 Å². The van der Waals surface area contributed by atoms with Gasteiger partial charge in [0.15, 0.2) is 0 Å². The first kappa shape index (κ1) is 15.0. The van der Waals surface area contributed by atoms with Crippen molar-refractivity contribution >= 4 is 38.9 Å². The Bertz CT molecular complexity index is 553. The van der Waals surface area contributed by atoms with Crippen LogP contribution in [0.25, 0.3) is 0 Å². The van der Waals surface area contributed by atoms with Gasteiger partial charge in [0, 0.05) is 15.9 Å². The zero-order chi connectivity index (χ0) is 13.8. The largest absolute Gasteiger partial charge is 0.310 e. The first-order chi connectivity index (χ1) is 9.10. The van der Waals surface area contributed by atoms with Crippen LogP contribution >= 0.6 is 38.9 Å². The molecule has 1 heterocycles. The van der Waals surface area contributed by atoms with Crippen molar-refractivity contribution in [2.24, 2.45) is 0 Å². The molecule has 102 valence electrons. The van der Waals surface area contributed by atoms with Crippen LogP contribution in [0.2, 0.25) is 5.02 Å². The molecule has 0 saturated carbocycles. The predicted octanol–water partition coefficient (Wildman–Crippen LogP) is 5.37. The summed E-state index contributed by atoms with van der Waals surface area (Å²) in [6, 6.07) is 10.7. The second-order valence-electron chi connectivity index (χ2n) is 4.51. The molecule has 1 aromatic heterocycles. The van der Waals surface area contributed by atoms with E-state index in [4.69, 9.17) is 11.6 Å². The van der Waals surface area contributed by atoms with Crippen molar-refractivity contribution in [2.75, 3.05) is 6.54 Å². The van der Waals surface area contributed by atoms with Crippen molar-refractivity contribution in [1.29, 1.82) is 0 Å². The van der Waals surface area contributed by atoms with E-state index in [9.17, 15) is 0 Å². The summed E-state index contributed by atoms with van der Waals surface area (Å²) in [4.78, 5) is 1.36. The van der Waals surface area contributed by atoms with Gasteiger partial charge in [-0.25, -0.2) is 0 Å². The Labute approximate surface area is 132 Å². The first-order valence-corrected chi connectivity index (χ1v) is 8.32. The Morgan fingerprint density at radius 1 is 1.37 bits per heavy atom. The Morgan fingerprint density at radius 3 is 2.74 bits per heavy atom. The maximum Gasteiger partial charge on any atom is 0.0704 e. The molecular weight excluding hydrogens is 342 g/mol. The Kier molecular flexibility index (Phi) is 5.46. The van der Waals surface area contributed by atoms with Gasteiger partial charge < -0.3 is 5.32 Å². The summed E-state index contributed by atoms with van der Waals surface area (Å²) < 4.78 is 1.19. The number of nitrogens with one attached hydrogen (secondary N) is 1. The molecule has 1 N–H and O–H groups in total. The van der Waals surface area contributed by atoms with Gasteiger partial charge in [-0.2, -0.15) is 0 Å². The van der Waals surface area contributed by atoms with Crippen LogP contribution in [0.4, 0.5) is 0 Å². The van der Waals surface area contributed by atoms with Crippen molar-refractivity contribution in [3.63, 3.8) is 0 Å². The van der Waals surface area contributed by atoms with Crippen LogP contribution in [0.3, 0.4) is 0 Å². The fourth-order valence-electron chi connectivity index (χ4n) is 2.24. The first-order valence-electron chi connectivity index (χ1n) is 6.33. The molecule has 0 spiro atoms. The molecule has 0 aliphatic rings. The lowest BCUT2D eigenvalue weighted by atomic mass is 9.99. The van der Waals surface area contributed by atoms with Crippen LogP contribution in [-0.4, -0.2) is 6.54 Å². The fraction of sp³-hybridized carbons (Fsp3) is 0.333. The molecule has 1 unspecified atom stereocenters. The van der Waals surface area contributed by atoms with Crippen LogP contribution in [0, 0.1) is 6.92 Å². The quantitative estimate of drug-likeness (QED) is 0.758. The summed E-state index contributed by atoms with van der Waals surface area (Å²) in [5, 5.41) is 4.37. The summed E-state index contributed by atoms with van der Waals surface area (Å²) in [6.07, 6.45) is 0.957. The van der Waals surface area contributed by atoms with E-state index < -0.39 is 0 Å². The maximum absolute atomic E-state index is 6.06. The van der Waals surface area contributed by atoms with Crippen LogP contribution in [0.15, 0.2) is 34.1 Å². The van der Waals surface area contributed by atoms with Gasteiger partial charge in [0.25, 0.3) is 0 Å². The third-order valence-electron chi connectivity index (χ3n) is 3.08. The van der Waals surface area contributed by atoms with Gasteiger partial charge in [0.1, 0.15) is 0 Å². The molecule has 2 rings (SSSR count). The van der Waals surface area contributed by atoms with E-state index in [0.29, 0.717) is 6.04 Å². The molecule has 0 bridgehead atoms. The smallest absolute Gasteiger partial charge is 0.0704 e. The maximum atomic E-state index is 6.06. The molecule has 0 aliphatic heterocycles. The second kappa shape index (κ2) is 6.89. The normalized spacial score (nSPS) is 12.6. The van der Waals surface area contributed by atoms with Crippen LogP contribution in [0.1, 0.15) is 29.0 Å². The molecule has 1 nitrogen and oxygen atoms in total. The van der Waals surface area contributed by atoms with Crippen molar-refractivity contribution in [1.82, 2.24) is 5.32 Å². The number of hydrogen-bond donors (Lipinski definition) is 1. The van der Waals surface area contributed by atoms with Gasteiger partial charge >= 0.3 is 0 Å². The van der Waals surface area contributed by atoms with Crippen molar-refractivity contribution in [2.45, 2.75) is 26.3 Å². The van der Waals surface area contributed by atoms with Crippen LogP contribution < -0.4 is 5.32 Å². The number of benzene rings is 1. The number of hydrogen-bond acceptors (Lipinski definition) is 2. The molecule has 1 atom stereocenters. The third kappa shape index (κ3) is 4.06.